The molecule has 6 nitrogen and oxygen atoms in total. The zero-order valence-corrected chi connectivity index (χ0v) is 17.7. The van der Waals surface area contributed by atoms with Crippen molar-refractivity contribution < 1.29 is 14.3 Å². The maximum atomic E-state index is 12.5. The van der Waals surface area contributed by atoms with E-state index in [-0.39, 0.29) is 11.2 Å². The third-order valence-corrected chi connectivity index (χ3v) is 6.26. The fourth-order valence-corrected chi connectivity index (χ4v) is 4.75. The molecule has 150 valence electrons. The number of nitrogens with one attached hydrogen (secondary N) is 1. The molecular weight excluding hydrogens is 386 g/mol. The van der Waals surface area contributed by atoms with E-state index in [2.05, 4.69) is 5.32 Å². The predicted molar refractivity (Wildman–Crippen MR) is 116 cm³/mol. The van der Waals surface area contributed by atoms with E-state index in [1.54, 1.807) is 26.0 Å². The van der Waals surface area contributed by atoms with E-state index in [4.69, 9.17) is 14.6 Å². The van der Waals surface area contributed by atoms with Gasteiger partial charge in [0.2, 0.25) is 5.91 Å². The van der Waals surface area contributed by atoms with Crippen LogP contribution in [0.15, 0.2) is 42.5 Å². The van der Waals surface area contributed by atoms with Gasteiger partial charge in [0.1, 0.15) is 17.3 Å². The first-order valence-corrected chi connectivity index (χ1v) is 10.4. The number of aryl methyl sites for hydroxylation is 2. The third-order valence-electron chi connectivity index (χ3n) is 5.01. The molecule has 0 saturated heterocycles. The highest BCUT2D eigenvalue weighted by atomic mass is 32.2. The Labute approximate surface area is 174 Å². The SMILES string of the molecule is COc1ccc(C2SCC(=O)Nc3c2c(C)nn3-c2ccc(C)cc2)c(OC)c1. The molecule has 3 aromatic rings. The Morgan fingerprint density at radius 3 is 2.55 bits per heavy atom. The second kappa shape index (κ2) is 7.83. The molecule has 2 aromatic carbocycles. The van der Waals surface area contributed by atoms with Crippen molar-refractivity contribution in [1.29, 1.82) is 0 Å². The minimum atomic E-state index is -0.0935. The van der Waals surface area contributed by atoms with Crippen molar-refractivity contribution in [3.8, 4) is 17.2 Å². The van der Waals surface area contributed by atoms with Crippen molar-refractivity contribution in [3.05, 3.63) is 64.8 Å². The lowest BCUT2D eigenvalue weighted by Gasteiger charge is -2.19. The Bertz CT molecular complexity index is 1060. The number of amides is 1. The molecule has 4 rings (SSSR count). The van der Waals surface area contributed by atoms with Crippen LogP contribution in [0.5, 0.6) is 11.5 Å². The van der Waals surface area contributed by atoms with Gasteiger partial charge in [-0.05, 0) is 32.0 Å². The van der Waals surface area contributed by atoms with Gasteiger partial charge in [0.05, 0.1) is 36.6 Å². The van der Waals surface area contributed by atoms with Crippen LogP contribution in [0.1, 0.15) is 27.6 Å². The van der Waals surface area contributed by atoms with Crippen LogP contribution in [0, 0.1) is 13.8 Å². The summed E-state index contributed by atoms with van der Waals surface area (Å²) in [6.07, 6.45) is 0. The van der Waals surface area contributed by atoms with Crippen molar-refractivity contribution in [2.24, 2.45) is 0 Å². The van der Waals surface area contributed by atoms with Crippen molar-refractivity contribution in [1.82, 2.24) is 9.78 Å². The number of thioether (sulfide) groups is 1. The number of anilines is 1. The first kappa shape index (κ1) is 19.4. The van der Waals surface area contributed by atoms with Gasteiger partial charge in [-0.1, -0.05) is 23.8 Å². The van der Waals surface area contributed by atoms with Crippen LogP contribution in [-0.2, 0) is 4.79 Å². The number of carbonyl (C=O) groups excluding carboxylic acids is 1. The third kappa shape index (κ3) is 3.58. The molecule has 1 aliphatic rings. The Kier molecular flexibility index (Phi) is 5.24. The number of nitrogens with zero attached hydrogens (tertiary/aromatic N) is 2. The molecule has 1 aliphatic heterocycles. The summed E-state index contributed by atoms with van der Waals surface area (Å²) in [5.74, 6) is 2.47. The van der Waals surface area contributed by atoms with Gasteiger partial charge in [0.25, 0.3) is 0 Å². The van der Waals surface area contributed by atoms with E-state index in [0.29, 0.717) is 11.6 Å². The zero-order chi connectivity index (χ0) is 20.5. The molecule has 0 radical (unpaired) electrons. The maximum Gasteiger partial charge on any atom is 0.235 e. The predicted octanol–water partition coefficient (Wildman–Crippen LogP) is 4.28. The molecule has 1 amide bonds. The van der Waals surface area contributed by atoms with Crippen LogP contribution in [0.3, 0.4) is 0 Å². The smallest absolute Gasteiger partial charge is 0.235 e. The molecule has 1 N–H and O–H groups in total. The second-order valence-corrected chi connectivity index (χ2v) is 8.04. The number of hydrogen-bond donors (Lipinski definition) is 1. The van der Waals surface area contributed by atoms with Crippen molar-refractivity contribution in [2.45, 2.75) is 19.1 Å². The van der Waals surface area contributed by atoms with Crippen LogP contribution in [0.2, 0.25) is 0 Å². The quantitative estimate of drug-likeness (QED) is 0.697. The standard InChI is InChI=1S/C22H23N3O3S/c1-13-5-7-15(8-6-13)25-22-20(14(2)24-25)21(29-12-19(26)23-22)17-10-9-16(27-3)11-18(17)28-4/h5-11,21H,12H2,1-4H3,(H,23,26). The van der Waals surface area contributed by atoms with Gasteiger partial charge >= 0.3 is 0 Å². The maximum absolute atomic E-state index is 12.5. The fraction of sp³-hybridized carbons (Fsp3) is 0.273. The van der Waals surface area contributed by atoms with Gasteiger partial charge in [-0.2, -0.15) is 5.10 Å². The highest BCUT2D eigenvalue weighted by Crippen LogP contribution is 2.47. The Morgan fingerprint density at radius 2 is 1.86 bits per heavy atom. The molecule has 1 atom stereocenters. The Morgan fingerprint density at radius 1 is 1.10 bits per heavy atom. The van der Waals surface area contributed by atoms with Gasteiger partial charge in [-0.25, -0.2) is 4.68 Å². The number of methoxy groups -OCH3 is 2. The lowest BCUT2D eigenvalue weighted by molar-refractivity contribution is -0.113. The molecular formula is C22H23N3O3S. The van der Waals surface area contributed by atoms with Crippen LogP contribution < -0.4 is 14.8 Å². The summed E-state index contributed by atoms with van der Waals surface area (Å²) in [6.45, 7) is 4.02. The minimum absolute atomic E-state index is 0.0421. The zero-order valence-electron chi connectivity index (χ0n) is 16.9. The van der Waals surface area contributed by atoms with Crippen molar-refractivity contribution in [2.75, 3.05) is 25.3 Å². The molecule has 0 spiro atoms. The molecule has 0 saturated carbocycles. The van der Waals surface area contributed by atoms with E-state index >= 15 is 0 Å². The summed E-state index contributed by atoms with van der Waals surface area (Å²) in [5, 5.41) is 7.72. The summed E-state index contributed by atoms with van der Waals surface area (Å²) >= 11 is 1.57. The molecule has 2 heterocycles. The minimum Gasteiger partial charge on any atom is -0.497 e. The van der Waals surface area contributed by atoms with E-state index in [1.165, 1.54) is 5.56 Å². The number of rotatable bonds is 4. The average molecular weight is 410 g/mol. The molecule has 1 unspecified atom stereocenters. The van der Waals surface area contributed by atoms with E-state index in [1.807, 2.05) is 61.0 Å². The molecule has 0 fully saturated rings. The van der Waals surface area contributed by atoms with Gasteiger partial charge in [0.15, 0.2) is 0 Å². The van der Waals surface area contributed by atoms with Gasteiger partial charge < -0.3 is 14.8 Å². The van der Waals surface area contributed by atoms with Gasteiger partial charge in [-0.15, -0.1) is 11.8 Å². The summed E-state index contributed by atoms with van der Waals surface area (Å²) in [4.78, 5) is 12.5. The van der Waals surface area contributed by atoms with Crippen LogP contribution in [0.4, 0.5) is 5.82 Å². The number of aromatic nitrogens is 2. The summed E-state index contributed by atoms with van der Waals surface area (Å²) < 4.78 is 12.8. The lowest BCUT2D eigenvalue weighted by Crippen LogP contribution is -2.15. The van der Waals surface area contributed by atoms with Crippen LogP contribution in [-0.4, -0.2) is 35.7 Å². The topological polar surface area (TPSA) is 65.4 Å². The molecule has 7 heteroatoms. The number of ether oxygens (including phenoxy) is 2. The second-order valence-electron chi connectivity index (χ2n) is 6.94. The number of benzene rings is 2. The largest absolute Gasteiger partial charge is 0.497 e. The van der Waals surface area contributed by atoms with Gasteiger partial charge in [0, 0.05) is 17.2 Å². The van der Waals surface area contributed by atoms with E-state index in [9.17, 15) is 4.79 Å². The first-order chi connectivity index (χ1) is 14.0. The van der Waals surface area contributed by atoms with E-state index in [0.717, 1.165) is 34.0 Å². The molecule has 1 aromatic heterocycles. The van der Waals surface area contributed by atoms with Crippen LogP contribution >= 0.6 is 11.8 Å². The summed E-state index contributed by atoms with van der Waals surface area (Å²) in [6, 6.07) is 13.9. The highest BCUT2D eigenvalue weighted by Gasteiger charge is 2.32. The summed E-state index contributed by atoms with van der Waals surface area (Å²) in [7, 11) is 3.28. The number of fused-ring (bicyclic) bond motifs is 1. The average Bonchev–Trinajstić information content (AvgIpc) is 2.93. The Balaban J connectivity index is 1.88. The summed E-state index contributed by atoms with van der Waals surface area (Å²) in [5.41, 5.74) is 4.93. The molecule has 0 aliphatic carbocycles. The first-order valence-electron chi connectivity index (χ1n) is 9.31. The molecule has 29 heavy (non-hydrogen) atoms. The van der Waals surface area contributed by atoms with Crippen LogP contribution in [0.25, 0.3) is 5.69 Å². The highest BCUT2D eigenvalue weighted by molar-refractivity contribution is 8.00. The van der Waals surface area contributed by atoms with E-state index < -0.39 is 0 Å². The normalized spacial score (nSPS) is 16.0. The molecule has 0 bridgehead atoms. The lowest BCUT2D eigenvalue weighted by atomic mass is 10.0. The van der Waals surface area contributed by atoms with Crippen molar-refractivity contribution >= 4 is 23.5 Å². The number of carbonyl (C=O) groups is 1. The van der Waals surface area contributed by atoms with Crippen molar-refractivity contribution in [3.63, 3.8) is 0 Å². The fourth-order valence-electron chi connectivity index (χ4n) is 3.54. The van der Waals surface area contributed by atoms with Gasteiger partial charge in [-0.3, -0.25) is 4.79 Å². The Hall–Kier alpha value is -2.93. The monoisotopic (exact) mass is 409 g/mol. The number of hydrogen-bond acceptors (Lipinski definition) is 5.